The number of likely N-dealkylation sites (tertiary alicyclic amines) is 1. The Labute approximate surface area is 140 Å². The number of nitrogens with zero attached hydrogens (tertiary/aromatic N) is 3. The highest BCUT2D eigenvalue weighted by molar-refractivity contribution is 6.33. The van der Waals surface area contributed by atoms with Gasteiger partial charge in [-0.05, 0) is 31.7 Å². The topological polar surface area (TPSA) is 66.7 Å². The molecule has 2 aliphatic heterocycles. The van der Waals surface area contributed by atoms with Crippen molar-refractivity contribution < 1.29 is 9.72 Å². The number of rotatable bonds is 3. The molecule has 2 heterocycles. The first kappa shape index (κ1) is 16.1. The van der Waals surface area contributed by atoms with Crippen LogP contribution in [0.25, 0.3) is 0 Å². The normalized spacial score (nSPS) is 19.2. The van der Waals surface area contributed by atoms with Crippen molar-refractivity contribution in [2.24, 2.45) is 5.92 Å². The molecule has 7 heteroatoms. The van der Waals surface area contributed by atoms with Crippen LogP contribution in [0.5, 0.6) is 0 Å². The number of non-ortho nitro benzene ring substituents is 1. The molecule has 2 saturated heterocycles. The Bertz CT molecular complexity index is 609. The van der Waals surface area contributed by atoms with Gasteiger partial charge in [0, 0.05) is 44.2 Å². The molecule has 124 valence electrons. The van der Waals surface area contributed by atoms with Crippen molar-refractivity contribution in [1.29, 1.82) is 0 Å². The second kappa shape index (κ2) is 6.74. The number of benzene rings is 1. The molecule has 2 aliphatic rings. The van der Waals surface area contributed by atoms with Crippen LogP contribution in [0.3, 0.4) is 0 Å². The Morgan fingerprint density at radius 2 is 1.83 bits per heavy atom. The zero-order valence-electron chi connectivity index (χ0n) is 12.9. The summed E-state index contributed by atoms with van der Waals surface area (Å²) in [7, 11) is 0. The molecular formula is C16H20ClN3O3. The quantitative estimate of drug-likeness (QED) is 0.628. The Kier molecular flexibility index (Phi) is 4.71. The number of carbonyl (C=O) groups excluding carboxylic acids is 1. The minimum absolute atomic E-state index is 0.00199. The maximum atomic E-state index is 12.4. The third-order valence-corrected chi connectivity index (χ3v) is 5.05. The molecule has 3 rings (SSSR count). The SMILES string of the molecule is O=C(C1CCN(c2ccc([N+](=O)[O-])cc2Cl)CC1)N1CCCC1. The van der Waals surface area contributed by atoms with E-state index in [1.807, 2.05) is 4.90 Å². The van der Waals surface area contributed by atoms with Gasteiger partial charge in [0.2, 0.25) is 5.91 Å². The summed E-state index contributed by atoms with van der Waals surface area (Å²) in [6.45, 7) is 3.30. The van der Waals surface area contributed by atoms with Crippen LogP contribution in [-0.2, 0) is 4.79 Å². The molecular weight excluding hydrogens is 318 g/mol. The summed E-state index contributed by atoms with van der Waals surface area (Å²) in [6, 6.07) is 4.56. The largest absolute Gasteiger partial charge is 0.370 e. The van der Waals surface area contributed by atoms with E-state index in [1.54, 1.807) is 6.07 Å². The maximum absolute atomic E-state index is 12.4. The fourth-order valence-electron chi connectivity index (χ4n) is 3.43. The van der Waals surface area contributed by atoms with Crippen LogP contribution in [-0.4, -0.2) is 41.9 Å². The predicted octanol–water partition coefficient (Wildman–Crippen LogP) is 3.09. The fourth-order valence-corrected chi connectivity index (χ4v) is 3.72. The third-order valence-electron chi connectivity index (χ3n) is 4.74. The molecule has 0 unspecified atom stereocenters. The summed E-state index contributed by atoms with van der Waals surface area (Å²) >= 11 is 6.19. The lowest BCUT2D eigenvalue weighted by Gasteiger charge is -2.34. The van der Waals surface area contributed by atoms with Crippen LogP contribution in [0.15, 0.2) is 18.2 Å². The summed E-state index contributed by atoms with van der Waals surface area (Å²) < 4.78 is 0. The molecule has 0 bridgehead atoms. The monoisotopic (exact) mass is 337 g/mol. The Hall–Kier alpha value is -1.82. The van der Waals surface area contributed by atoms with E-state index in [2.05, 4.69) is 4.90 Å². The van der Waals surface area contributed by atoms with E-state index in [9.17, 15) is 14.9 Å². The molecule has 1 aromatic carbocycles. The van der Waals surface area contributed by atoms with Crippen LogP contribution in [0.4, 0.5) is 11.4 Å². The van der Waals surface area contributed by atoms with Crippen molar-refractivity contribution in [1.82, 2.24) is 4.90 Å². The van der Waals surface area contributed by atoms with Crippen LogP contribution in [0, 0.1) is 16.0 Å². The first-order valence-electron chi connectivity index (χ1n) is 8.04. The number of piperidine rings is 1. The van der Waals surface area contributed by atoms with Crippen LogP contribution in [0.1, 0.15) is 25.7 Å². The maximum Gasteiger partial charge on any atom is 0.271 e. The summed E-state index contributed by atoms with van der Waals surface area (Å²) in [5, 5.41) is 11.2. The molecule has 0 N–H and O–H groups in total. The highest BCUT2D eigenvalue weighted by Crippen LogP contribution is 2.33. The third kappa shape index (κ3) is 3.42. The van der Waals surface area contributed by atoms with Gasteiger partial charge in [-0.25, -0.2) is 0 Å². The zero-order chi connectivity index (χ0) is 16.4. The molecule has 1 amide bonds. The molecule has 23 heavy (non-hydrogen) atoms. The first-order valence-corrected chi connectivity index (χ1v) is 8.42. The lowest BCUT2D eigenvalue weighted by Crippen LogP contribution is -2.41. The van der Waals surface area contributed by atoms with Gasteiger partial charge in [-0.3, -0.25) is 14.9 Å². The minimum Gasteiger partial charge on any atom is -0.370 e. The van der Waals surface area contributed by atoms with Gasteiger partial charge in [-0.15, -0.1) is 0 Å². The Balaban J connectivity index is 1.62. The Morgan fingerprint density at radius 3 is 2.39 bits per heavy atom. The predicted molar refractivity (Wildman–Crippen MR) is 88.9 cm³/mol. The number of nitro groups is 1. The zero-order valence-corrected chi connectivity index (χ0v) is 13.7. The lowest BCUT2D eigenvalue weighted by atomic mass is 9.95. The lowest BCUT2D eigenvalue weighted by molar-refractivity contribution is -0.384. The van der Waals surface area contributed by atoms with E-state index in [1.165, 1.54) is 12.1 Å². The van der Waals surface area contributed by atoms with Crippen molar-refractivity contribution in [3.8, 4) is 0 Å². The summed E-state index contributed by atoms with van der Waals surface area (Å²) in [4.78, 5) is 26.9. The van der Waals surface area contributed by atoms with E-state index in [0.29, 0.717) is 5.02 Å². The highest BCUT2D eigenvalue weighted by atomic mass is 35.5. The van der Waals surface area contributed by atoms with Crippen LogP contribution in [0.2, 0.25) is 5.02 Å². The highest BCUT2D eigenvalue weighted by Gasteiger charge is 2.30. The second-order valence-corrected chi connectivity index (χ2v) is 6.59. The number of hydrogen-bond donors (Lipinski definition) is 0. The van der Waals surface area contributed by atoms with Crippen molar-refractivity contribution in [2.45, 2.75) is 25.7 Å². The van der Waals surface area contributed by atoms with Gasteiger partial charge in [-0.1, -0.05) is 11.6 Å². The van der Waals surface area contributed by atoms with E-state index in [-0.39, 0.29) is 17.5 Å². The minimum atomic E-state index is -0.448. The van der Waals surface area contributed by atoms with Gasteiger partial charge >= 0.3 is 0 Å². The number of anilines is 1. The van der Waals surface area contributed by atoms with E-state index >= 15 is 0 Å². The van der Waals surface area contributed by atoms with E-state index in [4.69, 9.17) is 11.6 Å². The van der Waals surface area contributed by atoms with E-state index in [0.717, 1.165) is 57.5 Å². The van der Waals surface area contributed by atoms with Crippen LogP contribution >= 0.6 is 11.6 Å². The molecule has 0 atom stereocenters. The van der Waals surface area contributed by atoms with Crippen molar-refractivity contribution in [2.75, 3.05) is 31.1 Å². The van der Waals surface area contributed by atoms with Gasteiger partial charge in [0.15, 0.2) is 0 Å². The number of halogens is 1. The molecule has 0 aliphatic carbocycles. The molecule has 0 radical (unpaired) electrons. The number of carbonyl (C=O) groups is 1. The number of hydrogen-bond acceptors (Lipinski definition) is 4. The number of amides is 1. The van der Waals surface area contributed by atoms with Gasteiger partial charge in [0.25, 0.3) is 5.69 Å². The molecule has 0 saturated carbocycles. The van der Waals surface area contributed by atoms with Crippen molar-refractivity contribution in [3.05, 3.63) is 33.3 Å². The Morgan fingerprint density at radius 1 is 1.17 bits per heavy atom. The summed E-state index contributed by atoms with van der Waals surface area (Å²) in [5.41, 5.74) is 0.808. The van der Waals surface area contributed by atoms with Gasteiger partial charge < -0.3 is 9.80 Å². The average Bonchev–Trinajstić information content (AvgIpc) is 3.08. The number of nitro benzene ring substituents is 1. The molecule has 6 nitrogen and oxygen atoms in total. The fraction of sp³-hybridized carbons (Fsp3) is 0.562. The average molecular weight is 338 g/mol. The second-order valence-electron chi connectivity index (χ2n) is 6.19. The van der Waals surface area contributed by atoms with Gasteiger partial charge in [-0.2, -0.15) is 0 Å². The van der Waals surface area contributed by atoms with Crippen LogP contribution < -0.4 is 4.90 Å². The van der Waals surface area contributed by atoms with Crippen molar-refractivity contribution in [3.63, 3.8) is 0 Å². The van der Waals surface area contributed by atoms with Gasteiger partial charge in [0.05, 0.1) is 15.6 Å². The first-order chi connectivity index (χ1) is 11.1. The van der Waals surface area contributed by atoms with Gasteiger partial charge in [0.1, 0.15) is 0 Å². The molecule has 1 aromatic rings. The summed E-state index contributed by atoms with van der Waals surface area (Å²) in [6.07, 6.45) is 3.84. The van der Waals surface area contributed by atoms with Crippen molar-refractivity contribution >= 4 is 28.9 Å². The molecule has 0 aromatic heterocycles. The smallest absolute Gasteiger partial charge is 0.271 e. The molecule has 0 spiro atoms. The summed E-state index contributed by atoms with van der Waals surface area (Å²) in [5.74, 6) is 0.387. The van der Waals surface area contributed by atoms with E-state index < -0.39 is 4.92 Å². The standard InChI is InChI=1S/C16H20ClN3O3/c17-14-11-13(20(22)23)3-4-15(14)18-9-5-12(6-10-18)16(21)19-7-1-2-8-19/h3-4,11-12H,1-2,5-10H2. The molecule has 2 fully saturated rings.